The summed E-state index contributed by atoms with van der Waals surface area (Å²) >= 11 is 6.27. The minimum Gasteiger partial charge on any atom is -0.493 e. The zero-order valence-electron chi connectivity index (χ0n) is 22.7. The lowest BCUT2D eigenvalue weighted by Gasteiger charge is -2.19. The molecule has 10 nitrogen and oxygen atoms in total. The van der Waals surface area contributed by atoms with E-state index in [1.807, 2.05) is 49.6 Å². The number of aromatic nitrogens is 2. The van der Waals surface area contributed by atoms with Gasteiger partial charge in [-0.2, -0.15) is 0 Å². The molecule has 2 aromatic heterocycles. The number of fused-ring (bicyclic) bond motifs is 1. The number of nitrogens with one attached hydrogen (secondary N) is 1. The number of imidazole rings is 1. The first kappa shape index (κ1) is 29.5. The molecular weight excluding hydrogens is 522 g/mol. The second-order valence-electron chi connectivity index (χ2n) is 9.82. The maximum Gasteiger partial charge on any atom is 0.407 e. The second kappa shape index (κ2) is 12.7. The molecule has 0 unspecified atom stereocenters. The number of benzene rings is 1. The number of pyridine rings is 1. The van der Waals surface area contributed by atoms with Crippen molar-refractivity contribution in [1.29, 1.82) is 0 Å². The fraction of sp³-hybridized carbons (Fsp3) is 0.357. The Hall–Kier alpha value is -4.05. The van der Waals surface area contributed by atoms with Crippen molar-refractivity contribution in [3.8, 4) is 16.9 Å². The van der Waals surface area contributed by atoms with Crippen molar-refractivity contribution in [3.63, 3.8) is 0 Å². The van der Waals surface area contributed by atoms with Crippen LogP contribution in [0.5, 0.6) is 5.75 Å². The molecule has 3 rings (SSSR count). The molecule has 0 atom stereocenters. The number of carboxylic acid groups (broad SMARTS) is 1. The van der Waals surface area contributed by atoms with E-state index in [2.05, 4.69) is 15.3 Å². The minimum absolute atomic E-state index is 0.165. The topological polar surface area (TPSA) is 141 Å². The van der Waals surface area contributed by atoms with Gasteiger partial charge in [-0.15, -0.1) is 0 Å². The third-order valence-electron chi connectivity index (χ3n) is 5.82. The number of halogens is 1. The Morgan fingerprint density at radius 1 is 1.23 bits per heavy atom. The van der Waals surface area contributed by atoms with E-state index in [-0.39, 0.29) is 18.7 Å². The average Bonchev–Trinajstić information content (AvgIpc) is 3.27. The lowest BCUT2D eigenvalue weighted by Crippen LogP contribution is -2.33. The summed E-state index contributed by atoms with van der Waals surface area (Å²) < 4.78 is 13.3. The Morgan fingerprint density at radius 3 is 2.64 bits per heavy atom. The van der Waals surface area contributed by atoms with Gasteiger partial charge in [0.2, 0.25) is 0 Å². The molecule has 0 aliphatic heterocycles. The van der Waals surface area contributed by atoms with Gasteiger partial charge in [0.1, 0.15) is 22.7 Å². The first-order valence-electron chi connectivity index (χ1n) is 12.4. The molecule has 1 aromatic carbocycles. The first-order chi connectivity index (χ1) is 18.4. The monoisotopic (exact) mass is 555 g/mol. The van der Waals surface area contributed by atoms with Crippen LogP contribution in [0.2, 0.25) is 5.02 Å². The molecule has 208 valence electrons. The van der Waals surface area contributed by atoms with E-state index in [1.165, 1.54) is 0 Å². The average molecular weight is 556 g/mol. The molecule has 0 saturated carbocycles. The highest BCUT2D eigenvalue weighted by molar-refractivity contribution is 6.30. The molecule has 0 aliphatic rings. The van der Waals surface area contributed by atoms with Crippen molar-refractivity contribution in [1.82, 2.24) is 14.7 Å². The highest BCUT2D eigenvalue weighted by Crippen LogP contribution is 2.33. The molecule has 0 bridgehead atoms. The summed E-state index contributed by atoms with van der Waals surface area (Å²) in [6, 6.07) is 9.18. The highest BCUT2D eigenvalue weighted by Gasteiger charge is 2.17. The van der Waals surface area contributed by atoms with Crippen molar-refractivity contribution in [3.05, 3.63) is 64.7 Å². The molecule has 3 aromatic rings. The normalized spacial score (nSPS) is 12.7. The number of hydrogen-bond donors (Lipinski definition) is 3. The van der Waals surface area contributed by atoms with E-state index < -0.39 is 17.7 Å². The number of alkyl carbamates (subject to hydrolysis) is 1. The number of aliphatic carboxylic acids is 1. The van der Waals surface area contributed by atoms with Gasteiger partial charge >= 0.3 is 12.1 Å². The Labute approximate surface area is 232 Å². The first-order valence-corrected chi connectivity index (χ1v) is 12.8. The fourth-order valence-electron chi connectivity index (χ4n) is 3.87. The Bertz CT molecular complexity index is 1420. The number of amides is 1. The third kappa shape index (κ3) is 7.97. The molecule has 4 N–H and O–H groups in total. The largest absolute Gasteiger partial charge is 0.493 e. The Morgan fingerprint density at radius 2 is 1.97 bits per heavy atom. The van der Waals surface area contributed by atoms with Gasteiger partial charge < -0.3 is 30.0 Å². The quantitative estimate of drug-likeness (QED) is 0.239. The van der Waals surface area contributed by atoms with Crippen LogP contribution in [0.1, 0.15) is 39.8 Å². The summed E-state index contributed by atoms with van der Waals surface area (Å²) in [6.45, 7) is 7.70. The zero-order valence-corrected chi connectivity index (χ0v) is 23.5. The van der Waals surface area contributed by atoms with Crippen LogP contribution in [0.15, 0.2) is 59.0 Å². The van der Waals surface area contributed by atoms with Crippen LogP contribution in [0.4, 0.5) is 4.79 Å². The summed E-state index contributed by atoms with van der Waals surface area (Å²) in [7, 11) is 1.58. The van der Waals surface area contributed by atoms with Gasteiger partial charge in [0.15, 0.2) is 0 Å². The molecule has 39 heavy (non-hydrogen) atoms. The SMILES string of the molecule is CN=C(C)/C(CCOc1cc(Cl)ccc1-c1ccc2ncc(CCNC(=O)OC(C)(C)C)n2c1)=C(\N)C(=O)O. The van der Waals surface area contributed by atoms with Gasteiger partial charge in [-0.3, -0.25) is 4.99 Å². The Balaban J connectivity index is 1.81. The molecule has 1 amide bonds. The fourth-order valence-corrected chi connectivity index (χ4v) is 4.04. The van der Waals surface area contributed by atoms with Crippen molar-refractivity contribution >= 4 is 35.0 Å². The van der Waals surface area contributed by atoms with Crippen LogP contribution in [-0.2, 0) is 16.0 Å². The van der Waals surface area contributed by atoms with Crippen molar-refractivity contribution < 1.29 is 24.2 Å². The molecule has 0 spiro atoms. The van der Waals surface area contributed by atoms with Gasteiger partial charge in [0.05, 0.1) is 6.61 Å². The van der Waals surface area contributed by atoms with Gasteiger partial charge in [0.25, 0.3) is 0 Å². The summed E-state index contributed by atoms with van der Waals surface area (Å²) in [6.07, 6.45) is 4.05. The molecule has 11 heteroatoms. The molecule has 0 aliphatic carbocycles. The Kier molecular flexibility index (Phi) is 9.58. The summed E-state index contributed by atoms with van der Waals surface area (Å²) in [5.74, 6) is -0.670. The van der Waals surface area contributed by atoms with E-state index in [1.54, 1.807) is 32.3 Å². The van der Waals surface area contributed by atoms with Crippen LogP contribution in [0, 0.1) is 0 Å². The van der Waals surface area contributed by atoms with E-state index >= 15 is 0 Å². The zero-order chi connectivity index (χ0) is 28.7. The number of ether oxygens (including phenoxy) is 2. The summed E-state index contributed by atoms with van der Waals surface area (Å²) in [5.41, 5.74) is 9.23. The number of carboxylic acids is 1. The standard InChI is InChI=1S/C28H34ClN5O5/c1-17(31-5)21(25(30)26(35)36)11-13-38-23-14-19(29)7-8-22(23)18-6-9-24-33-15-20(34(24)16-18)10-12-32-27(37)39-28(2,3)4/h6-9,14-16H,10-13,30H2,1-5H3,(H,32,37)(H,35,36)/b25-21-,31-17?. The smallest absolute Gasteiger partial charge is 0.407 e. The number of carbonyl (C=O) groups is 2. The van der Waals surface area contributed by atoms with Gasteiger partial charge in [0, 0.05) is 72.0 Å². The van der Waals surface area contributed by atoms with E-state index in [0.29, 0.717) is 35.0 Å². The third-order valence-corrected chi connectivity index (χ3v) is 6.06. The van der Waals surface area contributed by atoms with Crippen LogP contribution < -0.4 is 15.8 Å². The predicted molar refractivity (Wildman–Crippen MR) is 152 cm³/mol. The van der Waals surface area contributed by atoms with Crippen molar-refractivity contribution in [2.45, 2.75) is 46.1 Å². The van der Waals surface area contributed by atoms with Gasteiger partial charge in [-0.05, 0) is 58.0 Å². The molecule has 0 radical (unpaired) electrons. The minimum atomic E-state index is -1.21. The number of hydrogen-bond acceptors (Lipinski definition) is 7. The van der Waals surface area contributed by atoms with Crippen molar-refractivity contribution in [2.75, 3.05) is 20.2 Å². The predicted octanol–water partition coefficient (Wildman–Crippen LogP) is 4.88. The van der Waals surface area contributed by atoms with E-state index in [0.717, 1.165) is 22.5 Å². The number of nitrogens with two attached hydrogens (primary N) is 1. The lowest BCUT2D eigenvalue weighted by molar-refractivity contribution is -0.132. The number of carbonyl (C=O) groups excluding carboxylic acids is 1. The molecule has 0 saturated heterocycles. The molecule has 0 fully saturated rings. The van der Waals surface area contributed by atoms with Gasteiger partial charge in [-0.1, -0.05) is 11.6 Å². The lowest BCUT2D eigenvalue weighted by atomic mass is 10.1. The second-order valence-corrected chi connectivity index (χ2v) is 10.3. The van der Waals surface area contributed by atoms with Crippen LogP contribution >= 0.6 is 11.6 Å². The van der Waals surface area contributed by atoms with Crippen LogP contribution in [-0.4, -0.2) is 58.1 Å². The maximum absolute atomic E-state index is 12.0. The number of nitrogens with zero attached hydrogens (tertiary/aromatic N) is 3. The summed E-state index contributed by atoms with van der Waals surface area (Å²) in [4.78, 5) is 31.9. The number of aliphatic imine (C=N–C) groups is 1. The molecular formula is C28H34ClN5O5. The van der Waals surface area contributed by atoms with Gasteiger partial charge in [-0.25, -0.2) is 14.6 Å². The van der Waals surface area contributed by atoms with Crippen molar-refractivity contribution in [2.24, 2.45) is 10.7 Å². The van der Waals surface area contributed by atoms with E-state index in [9.17, 15) is 14.7 Å². The molecule has 2 heterocycles. The highest BCUT2D eigenvalue weighted by atomic mass is 35.5. The van der Waals surface area contributed by atoms with Crippen LogP contribution in [0.25, 0.3) is 16.8 Å². The van der Waals surface area contributed by atoms with Crippen LogP contribution in [0.3, 0.4) is 0 Å². The maximum atomic E-state index is 12.0. The number of rotatable bonds is 10. The summed E-state index contributed by atoms with van der Waals surface area (Å²) in [5, 5.41) is 12.6. The van der Waals surface area contributed by atoms with E-state index in [4.69, 9.17) is 26.8 Å².